The van der Waals surface area contributed by atoms with Gasteiger partial charge in [0.25, 0.3) is 5.91 Å². The van der Waals surface area contributed by atoms with E-state index in [1.54, 1.807) is 24.3 Å². The molecule has 1 amide bonds. The number of rotatable bonds is 6. The Hall–Kier alpha value is -2.83. The maximum Gasteiger partial charge on any atom is 0.341 e. The largest absolute Gasteiger partial charge is 0.482 e. The van der Waals surface area contributed by atoms with E-state index in [1.165, 1.54) is 0 Å². The third-order valence-electron chi connectivity index (χ3n) is 4.23. The normalized spacial score (nSPS) is 14.4. The van der Waals surface area contributed by atoms with E-state index in [9.17, 15) is 9.59 Å². The number of aromatic nitrogens is 2. The number of carboxylic acid groups (broad SMARTS) is 1. The van der Waals surface area contributed by atoms with Gasteiger partial charge in [-0.25, -0.2) is 9.78 Å². The van der Waals surface area contributed by atoms with Crippen molar-refractivity contribution < 1.29 is 19.4 Å². The first-order valence-corrected chi connectivity index (χ1v) is 8.34. The molecule has 7 heteroatoms. The summed E-state index contributed by atoms with van der Waals surface area (Å²) in [7, 11) is 0. The average Bonchev–Trinajstić information content (AvgIpc) is 3.04. The van der Waals surface area contributed by atoms with E-state index in [0.29, 0.717) is 11.4 Å². The standard InChI is InChI=1S/C18H21N3O4/c1-12(13-5-7-14(8-6-13)25-11-17(22)23)19-18(24)15-10-21-9-3-2-4-16(21)20-15/h5-8,10,12H,2-4,9,11H2,1H3,(H,19,24)(H,22,23). The van der Waals surface area contributed by atoms with Crippen LogP contribution < -0.4 is 10.1 Å². The van der Waals surface area contributed by atoms with E-state index in [4.69, 9.17) is 9.84 Å². The van der Waals surface area contributed by atoms with Gasteiger partial charge in [-0.15, -0.1) is 0 Å². The Labute approximate surface area is 145 Å². The summed E-state index contributed by atoms with van der Waals surface area (Å²) < 4.78 is 7.15. The lowest BCUT2D eigenvalue weighted by atomic mass is 10.1. The van der Waals surface area contributed by atoms with E-state index in [2.05, 4.69) is 14.9 Å². The van der Waals surface area contributed by atoms with Crippen LogP contribution in [0.1, 0.15) is 47.7 Å². The molecular formula is C18H21N3O4. The number of hydrogen-bond acceptors (Lipinski definition) is 4. The molecule has 132 valence electrons. The van der Waals surface area contributed by atoms with E-state index < -0.39 is 5.97 Å². The van der Waals surface area contributed by atoms with Crippen molar-refractivity contribution in [2.75, 3.05) is 6.61 Å². The highest BCUT2D eigenvalue weighted by atomic mass is 16.5. The molecular weight excluding hydrogens is 322 g/mol. The van der Waals surface area contributed by atoms with Gasteiger partial charge in [-0.2, -0.15) is 0 Å². The summed E-state index contributed by atoms with van der Waals surface area (Å²) in [5.41, 5.74) is 1.35. The van der Waals surface area contributed by atoms with Crippen LogP contribution in [0.2, 0.25) is 0 Å². The van der Waals surface area contributed by atoms with Crippen molar-refractivity contribution in [3.8, 4) is 5.75 Å². The van der Waals surface area contributed by atoms with Crippen molar-refractivity contribution >= 4 is 11.9 Å². The van der Waals surface area contributed by atoms with Gasteiger partial charge in [0, 0.05) is 19.2 Å². The Balaban J connectivity index is 1.61. The minimum absolute atomic E-state index is 0.194. The number of imidazole rings is 1. The van der Waals surface area contributed by atoms with Crippen LogP contribution >= 0.6 is 0 Å². The number of aliphatic carboxylic acids is 1. The third-order valence-corrected chi connectivity index (χ3v) is 4.23. The highest BCUT2D eigenvalue weighted by molar-refractivity contribution is 5.92. The number of benzene rings is 1. The Morgan fingerprint density at radius 1 is 1.32 bits per heavy atom. The molecule has 1 aromatic carbocycles. The monoisotopic (exact) mass is 343 g/mol. The molecule has 0 radical (unpaired) electrons. The van der Waals surface area contributed by atoms with Gasteiger partial charge in [-0.3, -0.25) is 4.79 Å². The lowest BCUT2D eigenvalue weighted by Crippen LogP contribution is -2.27. The topological polar surface area (TPSA) is 93.5 Å². The predicted octanol–water partition coefficient (Wildman–Crippen LogP) is 2.17. The number of carbonyl (C=O) groups is 2. The Morgan fingerprint density at radius 2 is 2.08 bits per heavy atom. The molecule has 25 heavy (non-hydrogen) atoms. The molecule has 7 nitrogen and oxygen atoms in total. The molecule has 2 aromatic rings. The minimum Gasteiger partial charge on any atom is -0.482 e. The molecule has 0 spiro atoms. The fourth-order valence-electron chi connectivity index (χ4n) is 2.87. The van der Waals surface area contributed by atoms with Gasteiger partial charge in [0.15, 0.2) is 6.61 Å². The molecule has 1 unspecified atom stereocenters. The summed E-state index contributed by atoms with van der Waals surface area (Å²) in [6.45, 7) is 2.43. The molecule has 3 rings (SSSR count). The molecule has 0 saturated heterocycles. The molecule has 2 heterocycles. The highest BCUT2D eigenvalue weighted by Gasteiger charge is 2.18. The number of nitrogens with zero attached hydrogens (tertiary/aromatic N) is 2. The van der Waals surface area contributed by atoms with Crippen LogP contribution in [0.15, 0.2) is 30.5 Å². The fourth-order valence-corrected chi connectivity index (χ4v) is 2.87. The molecule has 1 aromatic heterocycles. The van der Waals surface area contributed by atoms with Crippen molar-refractivity contribution in [1.29, 1.82) is 0 Å². The van der Waals surface area contributed by atoms with Crippen molar-refractivity contribution in [2.24, 2.45) is 0 Å². The van der Waals surface area contributed by atoms with Gasteiger partial charge in [-0.1, -0.05) is 12.1 Å². The van der Waals surface area contributed by atoms with Crippen LogP contribution in [0.4, 0.5) is 0 Å². The van der Waals surface area contributed by atoms with Crippen molar-refractivity contribution in [3.63, 3.8) is 0 Å². The second-order valence-corrected chi connectivity index (χ2v) is 6.14. The molecule has 1 atom stereocenters. The van der Waals surface area contributed by atoms with E-state index in [1.807, 2.05) is 13.1 Å². The number of carbonyl (C=O) groups excluding carboxylic acids is 1. The molecule has 0 fully saturated rings. The molecule has 2 N–H and O–H groups in total. The summed E-state index contributed by atoms with van der Waals surface area (Å²) in [5, 5.41) is 11.5. The van der Waals surface area contributed by atoms with Crippen LogP contribution in [0.3, 0.4) is 0 Å². The predicted molar refractivity (Wildman–Crippen MR) is 90.6 cm³/mol. The number of fused-ring (bicyclic) bond motifs is 1. The molecule has 0 aliphatic carbocycles. The van der Waals surface area contributed by atoms with Crippen molar-refractivity contribution in [1.82, 2.24) is 14.9 Å². The summed E-state index contributed by atoms with van der Waals surface area (Å²) in [5.74, 6) is 0.239. The highest BCUT2D eigenvalue weighted by Crippen LogP contribution is 2.19. The fraction of sp³-hybridized carbons (Fsp3) is 0.389. The molecule has 1 aliphatic heterocycles. The van der Waals surface area contributed by atoms with E-state index in [0.717, 1.165) is 37.2 Å². The van der Waals surface area contributed by atoms with Gasteiger partial charge >= 0.3 is 5.97 Å². The average molecular weight is 343 g/mol. The second-order valence-electron chi connectivity index (χ2n) is 6.14. The van der Waals surface area contributed by atoms with Gasteiger partial charge in [0.05, 0.1) is 6.04 Å². The van der Waals surface area contributed by atoms with Crippen LogP contribution in [0, 0.1) is 0 Å². The molecule has 0 saturated carbocycles. The lowest BCUT2D eigenvalue weighted by Gasteiger charge is -2.14. The lowest BCUT2D eigenvalue weighted by molar-refractivity contribution is -0.139. The zero-order valence-electron chi connectivity index (χ0n) is 14.1. The number of nitrogens with one attached hydrogen (secondary N) is 1. The van der Waals surface area contributed by atoms with Gasteiger partial charge in [0.1, 0.15) is 17.3 Å². The van der Waals surface area contributed by atoms with Gasteiger partial charge < -0.3 is 19.7 Å². The van der Waals surface area contributed by atoms with Crippen LogP contribution in [0.25, 0.3) is 0 Å². The smallest absolute Gasteiger partial charge is 0.341 e. The SMILES string of the molecule is CC(NC(=O)c1cn2c(n1)CCCC2)c1ccc(OCC(=O)O)cc1. The number of amides is 1. The quantitative estimate of drug-likeness (QED) is 0.838. The Morgan fingerprint density at radius 3 is 2.76 bits per heavy atom. The van der Waals surface area contributed by atoms with Gasteiger partial charge in [0.2, 0.25) is 0 Å². The first-order chi connectivity index (χ1) is 12.0. The van der Waals surface area contributed by atoms with Crippen LogP contribution in [0.5, 0.6) is 5.75 Å². The first-order valence-electron chi connectivity index (χ1n) is 8.34. The number of ether oxygens (including phenoxy) is 1. The van der Waals surface area contributed by atoms with Gasteiger partial charge in [-0.05, 0) is 37.5 Å². The minimum atomic E-state index is -1.02. The van der Waals surface area contributed by atoms with Crippen molar-refractivity contribution in [3.05, 3.63) is 47.5 Å². The van der Waals surface area contributed by atoms with E-state index >= 15 is 0 Å². The summed E-state index contributed by atoms with van der Waals surface area (Å²) in [6.07, 6.45) is 4.97. The summed E-state index contributed by atoms with van der Waals surface area (Å²) in [6, 6.07) is 6.80. The zero-order chi connectivity index (χ0) is 17.8. The Kier molecular flexibility index (Phi) is 5.02. The number of aryl methyl sites for hydroxylation is 2. The van der Waals surface area contributed by atoms with Crippen LogP contribution in [-0.4, -0.2) is 33.1 Å². The molecule has 0 bridgehead atoms. The summed E-state index contributed by atoms with van der Waals surface area (Å²) >= 11 is 0. The summed E-state index contributed by atoms with van der Waals surface area (Å²) in [4.78, 5) is 27.3. The van der Waals surface area contributed by atoms with E-state index in [-0.39, 0.29) is 18.6 Å². The van der Waals surface area contributed by atoms with Crippen LogP contribution in [-0.2, 0) is 17.8 Å². The maximum atomic E-state index is 12.4. The Bertz CT molecular complexity index is 744. The van der Waals surface area contributed by atoms with Crippen molar-refractivity contribution in [2.45, 2.75) is 38.8 Å². The molecule has 1 aliphatic rings. The first kappa shape index (κ1) is 17.0. The third kappa shape index (κ3) is 4.17. The second kappa shape index (κ2) is 7.38. The zero-order valence-corrected chi connectivity index (χ0v) is 14.1. The maximum absolute atomic E-state index is 12.4. The number of carboxylic acids is 1. The number of hydrogen-bond donors (Lipinski definition) is 2.